The Morgan fingerprint density at radius 2 is 0.444 bits per heavy atom. The second kappa shape index (κ2) is 29.4. The number of hydrogen-bond acceptors (Lipinski definition) is 12. The van der Waals surface area contributed by atoms with Crippen LogP contribution in [0.15, 0.2) is 0 Å². The van der Waals surface area contributed by atoms with Crippen LogP contribution in [-0.4, -0.2) is 25.8 Å². The summed E-state index contributed by atoms with van der Waals surface area (Å²) in [4.78, 5) is 33.0. The van der Waals surface area contributed by atoms with E-state index >= 15 is 0 Å². The van der Waals surface area contributed by atoms with E-state index in [0.29, 0.717) is 0 Å². The first-order valence-corrected chi connectivity index (χ1v) is 2.19. The van der Waals surface area contributed by atoms with E-state index in [-0.39, 0.29) is 47.2 Å². The molecule has 0 amide bonds. The van der Waals surface area contributed by atoms with E-state index in [4.69, 9.17) is 61.3 Å². The Kier molecular flexibility index (Phi) is 58.8. The molecule has 0 rings (SSSR count). The second-order valence-electron chi connectivity index (χ2n) is 0.894. The summed E-state index contributed by atoms with van der Waals surface area (Å²) >= 11 is 0. The normalized spacial score (nSPS) is 5.33. The minimum atomic E-state index is -1.75. The average Bonchev–Trinajstić information content (AvgIpc) is 1.76. The van der Waals surface area contributed by atoms with Crippen molar-refractivity contribution in [1.82, 2.24) is 0 Å². The van der Waals surface area contributed by atoms with Gasteiger partial charge in [-0.15, -0.1) is 0 Å². The molecule has 0 aromatic rings. The molecule has 18 heteroatoms. The predicted molar refractivity (Wildman–Crippen MR) is 45.1 cm³/mol. The van der Waals surface area contributed by atoms with Gasteiger partial charge in [0.05, 0.1) is 20.3 Å². The number of rotatable bonds is 0. The summed E-state index contributed by atoms with van der Waals surface area (Å²) in [7, 11) is 0. The van der Waals surface area contributed by atoms with E-state index in [0.717, 1.165) is 0 Å². The topological polar surface area (TPSA) is 296 Å². The zero-order valence-corrected chi connectivity index (χ0v) is 10.8. The molecule has 0 unspecified atom stereocenters. The van der Waals surface area contributed by atoms with Gasteiger partial charge in [0.25, 0.3) is 0 Å². The van der Waals surface area contributed by atoms with Crippen LogP contribution in [0.2, 0.25) is 0 Å². The van der Waals surface area contributed by atoms with Crippen molar-refractivity contribution in [3.05, 3.63) is 61.3 Å². The van der Waals surface area contributed by atoms with Gasteiger partial charge < -0.3 is 66.8 Å². The number of hydrogen-bond donors (Lipinski definition) is 0. The minimum absolute atomic E-state index is 0. The Balaban J connectivity index is -0.0000000257. The molecule has 18 heavy (non-hydrogen) atoms. The maximum absolute atomic E-state index is 8.25. The van der Waals surface area contributed by atoms with Crippen molar-refractivity contribution in [2.75, 3.05) is 0 Å². The summed E-state index contributed by atoms with van der Waals surface area (Å²) in [5.41, 5.74) is 0. The largest absolute Gasteiger partial charge is 4.00 e. The van der Waals surface area contributed by atoms with Gasteiger partial charge >= 0.3 is 41.7 Å². The van der Waals surface area contributed by atoms with E-state index in [2.05, 4.69) is 0 Å². The maximum atomic E-state index is 8.25. The third kappa shape index (κ3) is 703. The van der Waals surface area contributed by atoms with Gasteiger partial charge in [-0.2, -0.15) is 0 Å². The summed E-state index contributed by atoms with van der Waals surface area (Å²) < 4.78 is 0. The summed E-state index contributed by atoms with van der Waals surface area (Å²) in [6, 6.07) is 0. The van der Waals surface area contributed by atoms with Crippen LogP contribution in [0.25, 0.3) is 0 Å². The summed E-state index contributed by atoms with van der Waals surface area (Å²) in [6.07, 6.45) is 0. The molecule has 0 saturated carbocycles. The Bertz CT molecular complexity index is 159. The first kappa shape index (κ1) is 36.0. The van der Waals surface area contributed by atoms with Crippen LogP contribution in [0.1, 0.15) is 0 Å². The van der Waals surface area contributed by atoms with Crippen molar-refractivity contribution in [2.24, 2.45) is 0 Å². The molecule has 0 aromatic carbocycles. The van der Waals surface area contributed by atoms with Gasteiger partial charge in [0.2, 0.25) is 0 Å². The van der Waals surface area contributed by atoms with Gasteiger partial charge in [-0.05, 0) is 0 Å². The van der Waals surface area contributed by atoms with Crippen molar-refractivity contribution in [1.29, 1.82) is 0 Å². The molecule has 0 aliphatic rings. The molecular weight excluding hydrogens is 404 g/mol. The fourth-order valence-corrected chi connectivity index (χ4v) is 0. The molecule has 0 saturated heterocycles. The van der Waals surface area contributed by atoms with Crippen molar-refractivity contribution in [3.8, 4) is 0 Å². The Hall–Kier alpha value is -1.86. The van der Waals surface area contributed by atoms with Crippen molar-refractivity contribution < 1.29 is 67.6 Å². The summed E-state index contributed by atoms with van der Waals surface area (Å²) in [5.74, 6) is 0. The van der Waals surface area contributed by atoms with E-state index in [9.17, 15) is 0 Å². The van der Waals surface area contributed by atoms with Crippen LogP contribution in [0.5, 0.6) is 0 Å². The fourth-order valence-electron chi connectivity index (χ4n) is 0. The second-order valence-corrected chi connectivity index (χ2v) is 0.894. The van der Waals surface area contributed by atoms with Crippen molar-refractivity contribution in [3.63, 3.8) is 0 Å². The molecule has 104 valence electrons. The van der Waals surface area contributed by atoms with Crippen LogP contribution in [-0.2, 0) is 0 Å². The van der Waals surface area contributed by atoms with Gasteiger partial charge in [-0.3, -0.25) is 0 Å². The fraction of sp³-hybridized carbons (Fsp3) is 0. The molecule has 0 spiro atoms. The third-order valence-corrected chi connectivity index (χ3v) is 0. The molecule has 0 atom stereocenters. The van der Waals surface area contributed by atoms with Gasteiger partial charge in [0.1, 0.15) is 0 Å². The molecule has 0 heterocycles. The smallest absolute Gasteiger partial charge is 0.412 e. The zero-order chi connectivity index (χ0) is 14.3. The van der Waals surface area contributed by atoms with Crippen LogP contribution in [0.3, 0.4) is 0 Å². The molecular formula is H2CeN4O13. The minimum Gasteiger partial charge on any atom is -0.412 e. The standard InChI is InChI=1S/Ce.4NO3.H2O/c;4*2-1(3)4;/h;;;;;1H2/q+4;4*-1;. The summed E-state index contributed by atoms with van der Waals surface area (Å²) in [6.45, 7) is 0. The van der Waals surface area contributed by atoms with Gasteiger partial charge in [-0.25, -0.2) is 0 Å². The molecule has 0 aromatic heterocycles. The van der Waals surface area contributed by atoms with E-state index in [1.54, 1.807) is 0 Å². The zero-order valence-electron chi connectivity index (χ0n) is 7.69. The molecule has 0 fully saturated rings. The van der Waals surface area contributed by atoms with Crippen LogP contribution in [0, 0.1) is 103 Å². The first-order valence-electron chi connectivity index (χ1n) is 2.19. The van der Waals surface area contributed by atoms with Gasteiger partial charge in [-0.1, -0.05) is 0 Å². The Labute approximate surface area is 128 Å². The van der Waals surface area contributed by atoms with Gasteiger partial charge in [0.15, 0.2) is 0 Å². The van der Waals surface area contributed by atoms with E-state index < -0.39 is 20.3 Å². The molecule has 0 radical (unpaired) electrons. The molecule has 0 bridgehead atoms. The van der Waals surface area contributed by atoms with Crippen LogP contribution in [0.4, 0.5) is 0 Å². The third-order valence-electron chi connectivity index (χ3n) is 0. The van der Waals surface area contributed by atoms with E-state index in [1.165, 1.54) is 0 Å². The average molecular weight is 406 g/mol. The van der Waals surface area contributed by atoms with Crippen LogP contribution >= 0.6 is 0 Å². The molecule has 0 aliphatic heterocycles. The van der Waals surface area contributed by atoms with E-state index in [1.807, 2.05) is 0 Å². The first-order chi connectivity index (χ1) is 6.93. The molecule has 17 nitrogen and oxygen atoms in total. The van der Waals surface area contributed by atoms with Crippen LogP contribution < -0.4 is 0 Å². The Morgan fingerprint density at radius 3 is 0.444 bits per heavy atom. The van der Waals surface area contributed by atoms with Crippen molar-refractivity contribution in [2.45, 2.75) is 0 Å². The quantitative estimate of drug-likeness (QED) is 0.318. The van der Waals surface area contributed by atoms with Crippen molar-refractivity contribution >= 4 is 0 Å². The Morgan fingerprint density at radius 1 is 0.444 bits per heavy atom. The SMILES string of the molecule is O.O=[N+]([O-])[O-].O=[N+]([O-])[O-].O=[N+]([O-])[O-].O=[N+]([O-])[O-].[Ce+4]. The maximum Gasteiger partial charge on any atom is 4.00 e. The monoisotopic (exact) mass is 406 g/mol. The number of nitrogens with zero attached hydrogens (tertiary/aromatic N) is 4. The molecule has 2 N–H and O–H groups in total. The van der Waals surface area contributed by atoms with Gasteiger partial charge in [0, 0.05) is 0 Å². The summed E-state index contributed by atoms with van der Waals surface area (Å²) in [5, 5.41) is 59.0. The molecule has 0 aliphatic carbocycles. The predicted octanol–water partition coefficient (Wildman–Crippen LogP) is -1.78.